The van der Waals surface area contributed by atoms with Crippen molar-refractivity contribution < 1.29 is 16.8 Å². The number of unbranched alkanes of at least 4 members (excludes halogenated alkanes) is 5. The highest BCUT2D eigenvalue weighted by atomic mass is 32.3. The molecule has 0 spiro atoms. The van der Waals surface area contributed by atoms with Crippen LogP contribution in [0.1, 0.15) is 58.3 Å². The van der Waals surface area contributed by atoms with Crippen LogP contribution in [-0.4, -0.2) is 47.3 Å². The fraction of sp³-hybridized carbons (Fsp3) is 0.650. The number of nitrogens with one attached hydrogen (secondary N) is 2. The predicted molar refractivity (Wildman–Crippen MR) is 118 cm³/mol. The van der Waals surface area contributed by atoms with Crippen molar-refractivity contribution in [2.75, 3.05) is 19.8 Å². The van der Waals surface area contributed by atoms with Gasteiger partial charge in [-0.05, 0) is 6.42 Å². The van der Waals surface area contributed by atoms with Crippen LogP contribution in [-0.2, 0) is 20.0 Å². The van der Waals surface area contributed by atoms with E-state index in [1.165, 1.54) is 0 Å². The van der Waals surface area contributed by atoms with E-state index in [9.17, 15) is 16.8 Å². The lowest BCUT2D eigenvalue weighted by atomic mass is 9.81. The van der Waals surface area contributed by atoms with Crippen molar-refractivity contribution >= 4 is 25.8 Å². The third-order valence-corrected chi connectivity index (χ3v) is 9.00. The second kappa shape index (κ2) is 10.0. The minimum absolute atomic E-state index is 0.00558. The first-order chi connectivity index (χ1) is 13.6. The zero-order chi connectivity index (χ0) is 21.7. The molecule has 2 aliphatic rings. The van der Waals surface area contributed by atoms with Gasteiger partial charge in [0, 0.05) is 49.8 Å². The van der Waals surface area contributed by atoms with Gasteiger partial charge in [-0.15, -0.1) is 4.13 Å². The predicted octanol–water partition coefficient (Wildman–Crippen LogP) is 3.30. The number of sulfonamides is 2. The fourth-order valence-electron chi connectivity index (χ4n) is 3.78. The Kier molecular flexibility index (Phi) is 8.25. The molecule has 0 aromatic rings. The van der Waals surface area contributed by atoms with Gasteiger partial charge in [0.05, 0.1) is 10.7 Å². The largest absolute Gasteiger partial charge is 0.380 e. The molecule has 1 atom stereocenters. The molecule has 29 heavy (non-hydrogen) atoms. The number of hydrogen-bond acceptors (Lipinski definition) is 6. The zero-order valence-corrected chi connectivity index (χ0v) is 19.2. The number of hydrogen-bond donors (Lipinski definition) is 2. The van der Waals surface area contributed by atoms with Gasteiger partial charge in [0.1, 0.15) is 0 Å². The van der Waals surface area contributed by atoms with Crippen LogP contribution in [0, 0.1) is 11.3 Å². The van der Waals surface area contributed by atoms with E-state index in [1.807, 2.05) is 35.3 Å². The highest BCUT2D eigenvalue weighted by molar-refractivity contribution is 8.06. The van der Waals surface area contributed by atoms with Crippen molar-refractivity contribution in [2.24, 2.45) is 5.92 Å². The van der Waals surface area contributed by atoms with Crippen LogP contribution in [0.15, 0.2) is 34.4 Å². The van der Waals surface area contributed by atoms with Crippen molar-refractivity contribution in [3.8, 4) is 0 Å². The van der Waals surface area contributed by atoms with Crippen molar-refractivity contribution in [3.63, 3.8) is 0 Å². The highest BCUT2D eigenvalue weighted by Crippen LogP contribution is 2.38. The van der Waals surface area contributed by atoms with Gasteiger partial charge < -0.3 is 10.3 Å². The Hall–Kier alpha value is -1.45. The fourth-order valence-corrected chi connectivity index (χ4v) is 7.30. The Morgan fingerprint density at radius 3 is 2.38 bits per heavy atom. The van der Waals surface area contributed by atoms with Gasteiger partial charge >= 0.3 is 0 Å². The molecule has 7 nitrogen and oxygen atoms in total. The number of rotatable bonds is 11. The monoisotopic (exact) mass is 443 g/mol. The maximum atomic E-state index is 12.9. The van der Waals surface area contributed by atoms with Gasteiger partial charge in [-0.2, -0.15) is 0 Å². The summed E-state index contributed by atoms with van der Waals surface area (Å²) in [5.74, 6) is -0.548. The van der Waals surface area contributed by atoms with E-state index >= 15 is 0 Å². The average Bonchev–Trinajstić information content (AvgIpc) is 2.63. The van der Waals surface area contributed by atoms with E-state index in [0.717, 1.165) is 37.8 Å². The minimum Gasteiger partial charge on any atom is -0.380 e. The summed E-state index contributed by atoms with van der Waals surface area (Å²) >= 11 is 0. The van der Waals surface area contributed by atoms with Crippen LogP contribution in [0.4, 0.5) is 0 Å². The lowest BCUT2D eigenvalue weighted by Crippen LogP contribution is -2.37. The number of nitrogens with zero attached hydrogens (tertiary/aromatic N) is 1. The molecule has 2 rings (SSSR count). The second-order valence-electron chi connectivity index (χ2n) is 7.83. The van der Waals surface area contributed by atoms with Gasteiger partial charge in [0.2, 0.25) is 20.0 Å². The number of allylic oxidation sites excluding steroid dienone is 4. The third-order valence-electron chi connectivity index (χ3n) is 5.25. The van der Waals surface area contributed by atoms with Gasteiger partial charge in [0.15, 0.2) is 0 Å². The molecule has 2 N–H and O–H groups in total. The van der Waals surface area contributed by atoms with Gasteiger partial charge in [0.25, 0.3) is 0 Å². The first-order valence-corrected chi connectivity index (χ1v) is 13.3. The molecule has 0 aromatic heterocycles. The van der Waals surface area contributed by atoms with Gasteiger partial charge in [-0.3, -0.25) is 0 Å². The van der Waals surface area contributed by atoms with Crippen LogP contribution in [0.2, 0.25) is 0 Å². The smallest absolute Gasteiger partial charge is 0.250 e. The summed E-state index contributed by atoms with van der Waals surface area (Å²) in [6.07, 6.45) is 11.4. The maximum absolute atomic E-state index is 12.9. The Morgan fingerprint density at radius 2 is 1.72 bits per heavy atom. The minimum atomic E-state index is -4.24. The summed E-state index contributed by atoms with van der Waals surface area (Å²) in [5, 5.41) is 8.28. The van der Waals surface area contributed by atoms with Crippen LogP contribution in [0.25, 0.3) is 0 Å². The zero-order valence-electron chi connectivity index (χ0n) is 17.6. The molecule has 0 amide bonds. The van der Waals surface area contributed by atoms with Crippen molar-refractivity contribution in [3.05, 3.63) is 34.4 Å². The maximum Gasteiger partial charge on any atom is 0.250 e. The summed E-state index contributed by atoms with van der Waals surface area (Å²) in [7, 11) is -4.45. The third kappa shape index (κ3) is 6.26. The molecular weight excluding hydrogens is 410 g/mol. The van der Waals surface area contributed by atoms with Crippen molar-refractivity contribution in [2.45, 2.75) is 58.3 Å². The van der Waals surface area contributed by atoms with Crippen LogP contribution < -0.4 is 4.13 Å². The van der Waals surface area contributed by atoms with Gasteiger partial charge in [-0.1, -0.05) is 57.3 Å². The topological polar surface area (TPSA) is 107 Å². The van der Waals surface area contributed by atoms with Crippen molar-refractivity contribution in [1.29, 1.82) is 5.41 Å². The molecule has 9 heteroatoms. The van der Waals surface area contributed by atoms with E-state index in [0.29, 0.717) is 18.4 Å². The quantitative estimate of drug-likeness (QED) is 0.376. The standard InChI is InChI=1S/C20H33N3O4S2/c1-4-5-6-7-8-9-15-28(24,25)22-29(26,27)19-12-10-11-16-18(23(2)3)14-13-17(21)20(16)19/h10-11,14,16,21-22H,4-9,12-13,15H2,1-3H3. The summed E-state index contributed by atoms with van der Waals surface area (Å²) in [5.41, 5.74) is 1.54. The molecule has 0 fully saturated rings. The van der Waals surface area contributed by atoms with Crippen molar-refractivity contribution in [1.82, 2.24) is 9.03 Å². The Bertz CT molecular complexity index is 913. The Balaban J connectivity index is 2.16. The van der Waals surface area contributed by atoms with E-state index < -0.39 is 20.0 Å². The molecule has 1 unspecified atom stereocenters. The molecule has 0 heterocycles. The number of fused-ring (bicyclic) bond motifs is 1. The highest BCUT2D eigenvalue weighted by Gasteiger charge is 2.36. The van der Waals surface area contributed by atoms with E-state index in [1.54, 1.807) is 6.08 Å². The second-order valence-corrected chi connectivity index (χ2v) is 11.6. The molecule has 0 bridgehead atoms. The summed E-state index contributed by atoms with van der Waals surface area (Å²) in [4.78, 5) is 1.90. The lowest BCUT2D eigenvalue weighted by Gasteiger charge is -2.33. The Labute approximate surface area is 175 Å². The van der Waals surface area contributed by atoms with Crippen LogP contribution in [0.3, 0.4) is 0 Å². The van der Waals surface area contributed by atoms with Crippen LogP contribution >= 0.6 is 0 Å². The first kappa shape index (κ1) is 23.8. The van der Waals surface area contributed by atoms with Gasteiger partial charge in [-0.25, -0.2) is 16.8 Å². The molecule has 164 valence electrons. The molecule has 2 aliphatic carbocycles. The molecule has 0 aromatic carbocycles. The average molecular weight is 444 g/mol. The summed E-state index contributed by atoms with van der Waals surface area (Å²) < 4.78 is 52.6. The van der Waals surface area contributed by atoms with E-state index in [4.69, 9.17) is 5.41 Å². The molecule has 0 aliphatic heterocycles. The SMILES string of the molecule is CCCCCCCCS(=O)(=O)NS(=O)(=O)C1=C2C(=N)CC=C(N(C)C)C2C=CC1. The summed E-state index contributed by atoms with van der Waals surface area (Å²) in [6.45, 7) is 2.11. The first-order valence-electron chi connectivity index (χ1n) is 10.2. The normalized spacial score (nSPS) is 19.9. The summed E-state index contributed by atoms with van der Waals surface area (Å²) in [6, 6.07) is 0. The molecule has 0 saturated carbocycles. The molecular formula is C20H33N3O4S2. The Morgan fingerprint density at radius 1 is 1.07 bits per heavy atom. The van der Waals surface area contributed by atoms with Crippen LogP contribution in [0.5, 0.6) is 0 Å². The lowest BCUT2D eigenvalue weighted by molar-refractivity contribution is 0.465. The van der Waals surface area contributed by atoms with E-state index in [-0.39, 0.29) is 28.7 Å². The van der Waals surface area contributed by atoms with E-state index in [2.05, 4.69) is 6.92 Å². The molecule has 0 radical (unpaired) electrons. The molecule has 0 saturated heterocycles.